The van der Waals surface area contributed by atoms with Gasteiger partial charge in [0.25, 0.3) is 0 Å². The smallest absolute Gasteiger partial charge is 0.379 e. The molecular weight excluding hydrogens is 237 g/mol. The Bertz CT molecular complexity index is 272. The summed E-state index contributed by atoms with van der Waals surface area (Å²) in [6.45, 7) is 1.18. The predicted octanol–water partition coefficient (Wildman–Crippen LogP) is 1.67. The monoisotopic (exact) mass is 250 g/mol. The maximum Gasteiger partial charge on any atom is 0.523 e. The van der Waals surface area contributed by atoms with E-state index < -0.39 is 28.3 Å². The van der Waals surface area contributed by atoms with E-state index in [1.165, 1.54) is 7.11 Å². The van der Waals surface area contributed by atoms with Crippen LogP contribution < -0.4 is 0 Å². The van der Waals surface area contributed by atoms with Crippen LogP contribution in [-0.2, 0) is 19.0 Å². The van der Waals surface area contributed by atoms with Crippen molar-refractivity contribution >= 4 is 10.1 Å². The molecule has 1 unspecified atom stereocenters. The highest BCUT2D eigenvalue weighted by Crippen LogP contribution is 2.24. The van der Waals surface area contributed by atoms with Crippen LogP contribution >= 0.6 is 0 Å². The number of ether oxygens (including phenoxy) is 1. The van der Waals surface area contributed by atoms with Gasteiger partial charge < -0.3 is 4.74 Å². The molecular formula is C7H13F3O4S. The maximum atomic E-state index is 11.8. The van der Waals surface area contributed by atoms with Gasteiger partial charge in [0.05, 0.1) is 12.7 Å². The minimum Gasteiger partial charge on any atom is -0.379 e. The zero-order valence-corrected chi connectivity index (χ0v) is 9.19. The minimum absolute atomic E-state index is 0.434. The molecule has 0 aliphatic carbocycles. The van der Waals surface area contributed by atoms with Crippen molar-refractivity contribution < 1.29 is 30.5 Å². The molecule has 1 atom stereocenters. The number of methoxy groups -OCH3 is 1. The summed E-state index contributed by atoms with van der Waals surface area (Å²) in [5, 5.41) is 0. The van der Waals surface area contributed by atoms with Gasteiger partial charge in [-0.25, -0.2) is 0 Å². The molecule has 0 heterocycles. The molecule has 0 aliphatic rings. The summed E-state index contributed by atoms with van der Waals surface area (Å²) in [5.41, 5.74) is -5.38. The first-order chi connectivity index (χ1) is 6.74. The summed E-state index contributed by atoms with van der Waals surface area (Å²) in [6, 6.07) is 0. The van der Waals surface area contributed by atoms with Crippen molar-refractivity contribution in [3.05, 3.63) is 0 Å². The molecule has 0 aromatic heterocycles. The van der Waals surface area contributed by atoms with Gasteiger partial charge in [-0.05, 0) is 6.42 Å². The Labute approximate surface area is 86.5 Å². The first kappa shape index (κ1) is 14.7. The molecule has 0 fully saturated rings. The second kappa shape index (κ2) is 5.66. The quantitative estimate of drug-likeness (QED) is 0.531. The Kier molecular flexibility index (Phi) is 5.54. The van der Waals surface area contributed by atoms with E-state index in [0.29, 0.717) is 12.8 Å². The van der Waals surface area contributed by atoms with Crippen LogP contribution in [-0.4, -0.2) is 33.7 Å². The van der Waals surface area contributed by atoms with Gasteiger partial charge in [-0.1, -0.05) is 13.3 Å². The van der Waals surface area contributed by atoms with E-state index in [0.717, 1.165) is 0 Å². The van der Waals surface area contributed by atoms with E-state index in [9.17, 15) is 21.6 Å². The van der Waals surface area contributed by atoms with Crippen molar-refractivity contribution in [3.8, 4) is 0 Å². The molecule has 0 rings (SSSR count). The lowest BCUT2D eigenvalue weighted by Crippen LogP contribution is -2.29. The lowest BCUT2D eigenvalue weighted by Gasteiger charge is -2.15. The fraction of sp³-hybridized carbons (Fsp3) is 1.00. The number of hydrogen-bond acceptors (Lipinski definition) is 4. The fourth-order valence-corrected chi connectivity index (χ4v) is 1.29. The molecule has 0 N–H and O–H groups in total. The van der Waals surface area contributed by atoms with Gasteiger partial charge in [0, 0.05) is 7.11 Å². The zero-order valence-electron chi connectivity index (χ0n) is 8.37. The molecule has 15 heavy (non-hydrogen) atoms. The molecule has 0 saturated heterocycles. The average molecular weight is 250 g/mol. The molecule has 8 heteroatoms. The molecule has 0 aromatic rings. The summed E-state index contributed by atoms with van der Waals surface area (Å²) in [7, 11) is -4.22. The van der Waals surface area contributed by atoms with Gasteiger partial charge in [-0.3, -0.25) is 4.18 Å². The Hall–Kier alpha value is -0.340. The predicted molar refractivity (Wildman–Crippen MR) is 46.6 cm³/mol. The summed E-state index contributed by atoms with van der Waals surface area (Å²) in [5.74, 6) is 0. The summed E-state index contributed by atoms with van der Waals surface area (Å²) >= 11 is 0. The van der Waals surface area contributed by atoms with Crippen molar-refractivity contribution in [3.63, 3.8) is 0 Å². The van der Waals surface area contributed by atoms with Crippen LogP contribution in [0.15, 0.2) is 0 Å². The van der Waals surface area contributed by atoms with Crippen molar-refractivity contribution in [2.75, 3.05) is 13.7 Å². The third-order valence-corrected chi connectivity index (χ3v) is 2.65. The average Bonchev–Trinajstić information content (AvgIpc) is 2.10. The maximum absolute atomic E-state index is 11.8. The second-order valence-electron chi connectivity index (χ2n) is 2.83. The van der Waals surface area contributed by atoms with Crippen molar-refractivity contribution in [2.45, 2.75) is 31.4 Å². The number of hydrogen-bond donors (Lipinski definition) is 0. The van der Waals surface area contributed by atoms with Crippen LogP contribution in [0, 0.1) is 0 Å². The summed E-state index contributed by atoms with van der Waals surface area (Å²) in [6.07, 6.45) is 0.449. The Morgan fingerprint density at radius 2 is 1.87 bits per heavy atom. The third-order valence-electron chi connectivity index (χ3n) is 1.64. The lowest BCUT2D eigenvalue weighted by atomic mass is 10.2. The van der Waals surface area contributed by atoms with Gasteiger partial charge >= 0.3 is 15.6 Å². The van der Waals surface area contributed by atoms with Crippen molar-refractivity contribution in [1.82, 2.24) is 0 Å². The topological polar surface area (TPSA) is 52.6 Å². The molecule has 0 bridgehead atoms. The Balaban J connectivity index is 4.26. The van der Waals surface area contributed by atoms with Crippen LogP contribution in [0.2, 0.25) is 0 Å². The van der Waals surface area contributed by atoms with Crippen LogP contribution in [0.1, 0.15) is 19.8 Å². The Morgan fingerprint density at radius 1 is 1.33 bits per heavy atom. The molecule has 0 saturated carbocycles. The van der Waals surface area contributed by atoms with Crippen molar-refractivity contribution in [2.24, 2.45) is 0 Å². The van der Waals surface area contributed by atoms with E-state index in [2.05, 4.69) is 4.18 Å². The van der Waals surface area contributed by atoms with Crippen LogP contribution in [0.5, 0.6) is 0 Å². The molecule has 4 nitrogen and oxygen atoms in total. The van der Waals surface area contributed by atoms with Gasteiger partial charge in [-0.2, -0.15) is 21.6 Å². The van der Waals surface area contributed by atoms with Gasteiger partial charge in [0.1, 0.15) is 0 Å². The van der Waals surface area contributed by atoms with E-state index in [-0.39, 0.29) is 0 Å². The molecule has 0 aliphatic heterocycles. The number of alkyl halides is 3. The van der Waals surface area contributed by atoms with E-state index in [1.807, 2.05) is 0 Å². The minimum atomic E-state index is -5.50. The first-order valence-corrected chi connectivity index (χ1v) is 5.64. The van der Waals surface area contributed by atoms with Gasteiger partial charge in [0.2, 0.25) is 0 Å². The van der Waals surface area contributed by atoms with Gasteiger partial charge in [0.15, 0.2) is 0 Å². The van der Waals surface area contributed by atoms with Crippen LogP contribution in [0.3, 0.4) is 0 Å². The molecule has 0 radical (unpaired) electrons. The highest BCUT2D eigenvalue weighted by atomic mass is 32.2. The van der Waals surface area contributed by atoms with Gasteiger partial charge in [-0.15, -0.1) is 0 Å². The normalized spacial score (nSPS) is 15.3. The fourth-order valence-electron chi connectivity index (χ4n) is 0.823. The zero-order chi connectivity index (χ0) is 12.1. The molecule has 0 aromatic carbocycles. The van der Waals surface area contributed by atoms with E-state index in [4.69, 9.17) is 4.74 Å². The molecule has 0 spiro atoms. The SMILES string of the molecule is CCCC(COS(=O)(=O)C(F)(F)F)OC. The molecule has 92 valence electrons. The summed E-state index contributed by atoms with van der Waals surface area (Å²) < 4.78 is 65.0. The van der Waals surface area contributed by atoms with E-state index >= 15 is 0 Å². The molecule has 0 amide bonds. The standard InChI is InChI=1S/C7H13F3O4S/c1-3-4-6(13-2)5-14-15(11,12)7(8,9)10/h6H,3-5H2,1-2H3. The Morgan fingerprint density at radius 3 is 2.20 bits per heavy atom. The van der Waals surface area contributed by atoms with Crippen molar-refractivity contribution in [1.29, 1.82) is 0 Å². The number of halogens is 3. The second-order valence-corrected chi connectivity index (χ2v) is 4.44. The van der Waals surface area contributed by atoms with E-state index in [1.54, 1.807) is 6.92 Å². The van der Waals surface area contributed by atoms with Crippen LogP contribution in [0.25, 0.3) is 0 Å². The highest BCUT2D eigenvalue weighted by molar-refractivity contribution is 7.87. The van der Waals surface area contributed by atoms with Crippen LogP contribution in [0.4, 0.5) is 13.2 Å². The summed E-state index contributed by atoms with van der Waals surface area (Å²) in [4.78, 5) is 0. The lowest BCUT2D eigenvalue weighted by molar-refractivity contribution is -0.0576. The third kappa shape index (κ3) is 4.80. The highest BCUT2D eigenvalue weighted by Gasteiger charge is 2.47. The first-order valence-electron chi connectivity index (χ1n) is 4.23. The number of rotatable bonds is 6. The largest absolute Gasteiger partial charge is 0.523 e.